The highest BCUT2D eigenvalue weighted by Gasteiger charge is 2.22. The predicted octanol–water partition coefficient (Wildman–Crippen LogP) is 3.55. The van der Waals surface area contributed by atoms with Gasteiger partial charge in [0.15, 0.2) is 0 Å². The van der Waals surface area contributed by atoms with E-state index in [0.29, 0.717) is 5.92 Å². The van der Waals surface area contributed by atoms with Crippen molar-refractivity contribution in [2.24, 2.45) is 13.0 Å². The Morgan fingerprint density at radius 3 is 2.56 bits per heavy atom. The van der Waals surface area contributed by atoms with Gasteiger partial charge in [0.2, 0.25) is 0 Å². The SMILES string of the molecule is CC(C)CNCc1ccc(-c2nn(C)c3[nH]c(=O)c4c(c23)CCCC4)cc1. The van der Waals surface area contributed by atoms with Crippen LogP contribution in [0.25, 0.3) is 22.3 Å². The molecule has 4 rings (SSSR count). The molecule has 27 heavy (non-hydrogen) atoms. The number of rotatable bonds is 5. The molecule has 0 saturated heterocycles. The van der Waals surface area contributed by atoms with Crippen LogP contribution < -0.4 is 10.9 Å². The summed E-state index contributed by atoms with van der Waals surface area (Å²) >= 11 is 0. The van der Waals surface area contributed by atoms with Gasteiger partial charge in [0, 0.05) is 30.1 Å². The van der Waals surface area contributed by atoms with Crippen molar-refractivity contribution in [1.29, 1.82) is 0 Å². The minimum absolute atomic E-state index is 0.0540. The average Bonchev–Trinajstić information content (AvgIpc) is 2.99. The number of aromatic amines is 1. The monoisotopic (exact) mass is 364 g/mol. The van der Waals surface area contributed by atoms with Crippen molar-refractivity contribution in [3.8, 4) is 11.3 Å². The molecular weight excluding hydrogens is 336 g/mol. The lowest BCUT2D eigenvalue weighted by atomic mass is 9.89. The zero-order chi connectivity index (χ0) is 19.0. The fraction of sp³-hybridized carbons (Fsp3) is 0.455. The van der Waals surface area contributed by atoms with Crippen molar-refractivity contribution in [3.05, 3.63) is 51.3 Å². The minimum Gasteiger partial charge on any atom is -0.312 e. The van der Waals surface area contributed by atoms with Crippen LogP contribution in [0.2, 0.25) is 0 Å². The molecular formula is C22H28N4O. The van der Waals surface area contributed by atoms with E-state index in [0.717, 1.165) is 66.6 Å². The molecule has 1 aliphatic rings. The first-order valence-corrected chi connectivity index (χ1v) is 9.95. The average molecular weight is 364 g/mol. The van der Waals surface area contributed by atoms with E-state index in [9.17, 15) is 4.79 Å². The van der Waals surface area contributed by atoms with E-state index in [2.05, 4.69) is 48.4 Å². The van der Waals surface area contributed by atoms with E-state index in [1.165, 1.54) is 11.1 Å². The first-order chi connectivity index (χ1) is 13.0. The van der Waals surface area contributed by atoms with Crippen molar-refractivity contribution in [2.45, 2.75) is 46.1 Å². The van der Waals surface area contributed by atoms with Crippen LogP contribution in [0.4, 0.5) is 0 Å². The second-order valence-electron chi connectivity index (χ2n) is 8.04. The van der Waals surface area contributed by atoms with Gasteiger partial charge < -0.3 is 10.3 Å². The van der Waals surface area contributed by atoms with Gasteiger partial charge in [0.05, 0.1) is 0 Å². The van der Waals surface area contributed by atoms with E-state index in [1.54, 1.807) is 4.68 Å². The molecule has 2 aromatic heterocycles. The summed E-state index contributed by atoms with van der Waals surface area (Å²) in [6.45, 7) is 6.33. The van der Waals surface area contributed by atoms with Gasteiger partial charge in [0.1, 0.15) is 11.3 Å². The van der Waals surface area contributed by atoms with Gasteiger partial charge in [-0.3, -0.25) is 9.48 Å². The molecule has 0 atom stereocenters. The van der Waals surface area contributed by atoms with Gasteiger partial charge >= 0.3 is 0 Å². The fourth-order valence-electron chi connectivity index (χ4n) is 4.06. The van der Waals surface area contributed by atoms with Gasteiger partial charge in [-0.05, 0) is 49.3 Å². The summed E-state index contributed by atoms with van der Waals surface area (Å²) in [5.74, 6) is 0.650. The lowest BCUT2D eigenvalue weighted by Gasteiger charge is -2.16. The summed E-state index contributed by atoms with van der Waals surface area (Å²) in [6.07, 6.45) is 4.07. The summed E-state index contributed by atoms with van der Waals surface area (Å²) in [7, 11) is 1.90. The number of hydrogen-bond acceptors (Lipinski definition) is 3. The number of aryl methyl sites for hydroxylation is 2. The Labute approximate surface area is 159 Å². The summed E-state index contributed by atoms with van der Waals surface area (Å²) in [5.41, 5.74) is 6.40. The van der Waals surface area contributed by atoms with Crippen molar-refractivity contribution in [3.63, 3.8) is 0 Å². The van der Waals surface area contributed by atoms with E-state index < -0.39 is 0 Å². The van der Waals surface area contributed by atoms with Crippen LogP contribution in [0.5, 0.6) is 0 Å². The molecule has 2 heterocycles. The van der Waals surface area contributed by atoms with Crippen LogP contribution in [-0.2, 0) is 26.4 Å². The Balaban J connectivity index is 1.73. The normalized spacial score (nSPS) is 14.1. The summed E-state index contributed by atoms with van der Waals surface area (Å²) < 4.78 is 1.80. The number of H-pyrrole nitrogens is 1. The van der Waals surface area contributed by atoms with Crippen LogP contribution in [0.15, 0.2) is 29.1 Å². The highest BCUT2D eigenvalue weighted by atomic mass is 16.1. The summed E-state index contributed by atoms with van der Waals surface area (Å²) in [6, 6.07) is 8.63. The molecule has 0 spiro atoms. The van der Waals surface area contributed by atoms with E-state index in [-0.39, 0.29) is 5.56 Å². The third-order valence-electron chi connectivity index (χ3n) is 5.43. The molecule has 1 aliphatic carbocycles. The van der Waals surface area contributed by atoms with Crippen molar-refractivity contribution < 1.29 is 0 Å². The molecule has 0 bridgehead atoms. The molecule has 0 saturated carbocycles. The fourth-order valence-corrected chi connectivity index (χ4v) is 4.06. The van der Waals surface area contributed by atoms with Gasteiger partial charge in [-0.2, -0.15) is 5.10 Å². The Hall–Kier alpha value is -2.40. The van der Waals surface area contributed by atoms with Crippen LogP contribution in [0.1, 0.15) is 43.4 Å². The number of nitrogens with one attached hydrogen (secondary N) is 2. The number of hydrogen-bond donors (Lipinski definition) is 2. The van der Waals surface area contributed by atoms with Crippen LogP contribution in [-0.4, -0.2) is 21.3 Å². The number of aromatic nitrogens is 3. The van der Waals surface area contributed by atoms with E-state index in [4.69, 9.17) is 5.10 Å². The van der Waals surface area contributed by atoms with Crippen molar-refractivity contribution in [2.75, 3.05) is 6.54 Å². The van der Waals surface area contributed by atoms with E-state index in [1.807, 2.05) is 7.05 Å². The molecule has 142 valence electrons. The van der Waals surface area contributed by atoms with Crippen LogP contribution in [0.3, 0.4) is 0 Å². The van der Waals surface area contributed by atoms with Gasteiger partial charge in [-0.25, -0.2) is 0 Å². The number of fused-ring (bicyclic) bond motifs is 3. The molecule has 0 amide bonds. The molecule has 5 nitrogen and oxygen atoms in total. The van der Waals surface area contributed by atoms with Crippen LogP contribution >= 0.6 is 0 Å². The van der Waals surface area contributed by atoms with Gasteiger partial charge in [-0.1, -0.05) is 38.1 Å². The second kappa shape index (κ2) is 7.31. The zero-order valence-corrected chi connectivity index (χ0v) is 16.4. The first-order valence-electron chi connectivity index (χ1n) is 9.95. The molecule has 5 heteroatoms. The second-order valence-corrected chi connectivity index (χ2v) is 8.04. The maximum absolute atomic E-state index is 12.5. The predicted molar refractivity (Wildman–Crippen MR) is 110 cm³/mol. The quantitative estimate of drug-likeness (QED) is 0.728. The number of nitrogens with zero attached hydrogens (tertiary/aromatic N) is 2. The lowest BCUT2D eigenvalue weighted by molar-refractivity contribution is 0.552. The molecule has 0 unspecified atom stereocenters. The Morgan fingerprint density at radius 2 is 1.85 bits per heavy atom. The molecule has 2 N–H and O–H groups in total. The highest BCUT2D eigenvalue weighted by Crippen LogP contribution is 2.33. The Kier molecular flexibility index (Phi) is 4.87. The third-order valence-corrected chi connectivity index (χ3v) is 5.43. The van der Waals surface area contributed by atoms with Crippen LogP contribution in [0, 0.1) is 5.92 Å². The molecule has 1 aromatic carbocycles. The number of pyridine rings is 1. The first kappa shape index (κ1) is 18.0. The molecule has 0 aliphatic heterocycles. The minimum atomic E-state index is 0.0540. The highest BCUT2D eigenvalue weighted by molar-refractivity contribution is 5.94. The zero-order valence-electron chi connectivity index (χ0n) is 16.4. The topological polar surface area (TPSA) is 62.7 Å². The lowest BCUT2D eigenvalue weighted by Crippen LogP contribution is -2.19. The van der Waals surface area contributed by atoms with Crippen molar-refractivity contribution in [1.82, 2.24) is 20.1 Å². The number of benzene rings is 1. The standard InChI is InChI=1S/C22H28N4O/c1-14(2)12-23-13-15-8-10-16(11-9-15)20-19-17-6-4-5-7-18(17)22(27)24-21(19)26(3)25-20/h8-11,14,23H,4-7,12-13H2,1-3H3,(H,24,27). The Bertz CT molecular complexity index is 1010. The maximum Gasteiger partial charge on any atom is 0.253 e. The summed E-state index contributed by atoms with van der Waals surface area (Å²) in [4.78, 5) is 15.5. The van der Waals surface area contributed by atoms with E-state index >= 15 is 0 Å². The molecule has 0 fully saturated rings. The maximum atomic E-state index is 12.5. The molecule has 3 aromatic rings. The molecule has 0 radical (unpaired) electrons. The Morgan fingerprint density at radius 1 is 1.15 bits per heavy atom. The summed E-state index contributed by atoms with van der Waals surface area (Å²) in [5, 5.41) is 9.36. The third kappa shape index (κ3) is 3.44. The van der Waals surface area contributed by atoms with Crippen molar-refractivity contribution >= 4 is 11.0 Å². The largest absolute Gasteiger partial charge is 0.312 e. The smallest absolute Gasteiger partial charge is 0.253 e. The van der Waals surface area contributed by atoms with Gasteiger partial charge in [0.25, 0.3) is 5.56 Å². The van der Waals surface area contributed by atoms with Gasteiger partial charge in [-0.15, -0.1) is 0 Å².